The van der Waals surface area contributed by atoms with E-state index in [1.165, 1.54) is 19.3 Å². The SMILES string of the molecule is CC(C)CC(N)C1CCCCN1. The molecule has 2 atom stereocenters. The lowest BCUT2D eigenvalue weighted by Crippen LogP contribution is -2.48. The van der Waals surface area contributed by atoms with E-state index in [4.69, 9.17) is 5.73 Å². The standard InChI is InChI=1S/C10H22N2/c1-8(2)7-9(11)10-5-3-4-6-12-10/h8-10,12H,3-7,11H2,1-2H3. The van der Waals surface area contributed by atoms with E-state index in [0.717, 1.165) is 18.9 Å². The molecule has 1 saturated heterocycles. The van der Waals surface area contributed by atoms with Crippen molar-refractivity contribution < 1.29 is 0 Å². The zero-order valence-corrected chi connectivity index (χ0v) is 8.34. The summed E-state index contributed by atoms with van der Waals surface area (Å²) < 4.78 is 0. The average Bonchev–Trinajstić information content (AvgIpc) is 2.05. The minimum Gasteiger partial charge on any atom is -0.326 e. The molecule has 1 aliphatic heterocycles. The fourth-order valence-corrected chi connectivity index (χ4v) is 1.95. The van der Waals surface area contributed by atoms with Crippen LogP contribution >= 0.6 is 0 Å². The molecule has 0 aromatic heterocycles. The van der Waals surface area contributed by atoms with Crippen LogP contribution in [0.1, 0.15) is 39.5 Å². The van der Waals surface area contributed by atoms with Crippen molar-refractivity contribution in [2.24, 2.45) is 11.7 Å². The van der Waals surface area contributed by atoms with Gasteiger partial charge in [-0.15, -0.1) is 0 Å². The maximum absolute atomic E-state index is 6.09. The zero-order valence-electron chi connectivity index (χ0n) is 8.34. The summed E-state index contributed by atoms with van der Waals surface area (Å²) in [5, 5.41) is 3.50. The smallest absolute Gasteiger partial charge is 0.0219 e. The molecule has 0 saturated carbocycles. The Labute approximate surface area is 75.9 Å². The Kier molecular flexibility index (Phi) is 4.02. The number of rotatable bonds is 3. The van der Waals surface area contributed by atoms with Crippen molar-refractivity contribution in [1.82, 2.24) is 5.32 Å². The second-order valence-electron chi connectivity index (χ2n) is 4.35. The van der Waals surface area contributed by atoms with Gasteiger partial charge >= 0.3 is 0 Å². The quantitative estimate of drug-likeness (QED) is 0.673. The van der Waals surface area contributed by atoms with Crippen LogP contribution < -0.4 is 11.1 Å². The van der Waals surface area contributed by atoms with Crippen molar-refractivity contribution >= 4 is 0 Å². The largest absolute Gasteiger partial charge is 0.326 e. The first-order valence-electron chi connectivity index (χ1n) is 5.19. The van der Waals surface area contributed by atoms with E-state index in [9.17, 15) is 0 Å². The molecule has 0 aliphatic carbocycles. The van der Waals surface area contributed by atoms with Crippen LogP contribution in [0.5, 0.6) is 0 Å². The van der Waals surface area contributed by atoms with Gasteiger partial charge in [0.2, 0.25) is 0 Å². The number of piperidine rings is 1. The van der Waals surface area contributed by atoms with Crippen LogP contribution in [-0.4, -0.2) is 18.6 Å². The Morgan fingerprint density at radius 1 is 1.42 bits per heavy atom. The monoisotopic (exact) mass is 170 g/mol. The highest BCUT2D eigenvalue weighted by molar-refractivity contribution is 4.82. The fraction of sp³-hybridized carbons (Fsp3) is 1.00. The predicted octanol–water partition coefficient (Wildman–Crippen LogP) is 1.50. The van der Waals surface area contributed by atoms with Gasteiger partial charge in [0.15, 0.2) is 0 Å². The molecule has 2 nitrogen and oxygen atoms in total. The first-order valence-corrected chi connectivity index (χ1v) is 5.19. The summed E-state index contributed by atoms with van der Waals surface area (Å²) in [4.78, 5) is 0. The van der Waals surface area contributed by atoms with E-state index in [0.29, 0.717) is 12.1 Å². The van der Waals surface area contributed by atoms with Gasteiger partial charge in [-0.25, -0.2) is 0 Å². The molecular formula is C10H22N2. The topological polar surface area (TPSA) is 38.0 Å². The number of hydrogen-bond acceptors (Lipinski definition) is 2. The highest BCUT2D eigenvalue weighted by Crippen LogP contribution is 2.14. The highest BCUT2D eigenvalue weighted by Gasteiger charge is 2.20. The molecule has 2 heteroatoms. The third kappa shape index (κ3) is 3.11. The number of hydrogen-bond donors (Lipinski definition) is 2. The average molecular weight is 170 g/mol. The van der Waals surface area contributed by atoms with Crippen molar-refractivity contribution in [1.29, 1.82) is 0 Å². The number of nitrogens with one attached hydrogen (secondary N) is 1. The molecule has 1 fully saturated rings. The lowest BCUT2D eigenvalue weighted by molar-refractivity contribution is 0.319. The molecule has 72 valence electrons. The summed E-state index contributed by atoms with van der Waals surface area (Å²) in [5.74, 6) is 0.726. The van der Waals surface area contributed by atoms with Crippen LogP contribution in [0, 0.1) is 5.92 Å². The molecule has 12 heavy (non-hydrogen) atoms. The lowest BCUT2D eigenvalue weighted by atomic mass is 9.92. The lowest BCUT2D eigenvalue weighted by Gasteiger charge is -2.29. The normalized spacial score (nSPS) is 27.5. The first-order chi connectivity index (χ1) is 5.70. The van der Waals surface area contributed by atoms with Crippen molar-refractivity contribution in [3.63, 3.8) is 0 Å². The van der Waals surface area contributed by atoms with Crippen molar-refractivity contribution in [3.05, 3.63) is 0 Å². The third-order valence-electron chi connectivity index (χ3n) is 2.61. The van der Waals surface area contributed by atoms with Crippen molar-refractivity contribution in [3.8, 4) is 0 Å². The summed E-state index contributed by atoms with van der Waals surface area (Å²) in [7, 11) is 0. The molecule has 0 amide bonds. The Hall–Kier alpha value is -0.0800. The molecule has 1 aliphatic rings. The predicted molar refractivity (Wildman–Crippen MR) is 53.1 cm³/mol. The van der Waals surface area contributed by atoms with Gasteiger partial charge in [0, 0.05) is 12.1 Å². The molecule has 0 bridgehead atoms. The molecule has 2 unspecified atom stereocenters. The van der Waals surface area contributed by atoms with Crippen LogP contribution in [0.2, 0.25) is 0 Å². The second kappa shape index (κ2) is 4.83. The van der Waals surface area contributed by atoms with Crippen LogP contribution in [0.15, 0.2) is 0 Å². The van der Waals surface area contributed by atoms with Crippen molar-refractivity contribution in [2.45, 2.75) is 51.6 Å². The molecule has 0 aromatic carbocycles. The van der Waals surface area contributed by atoms with E-state index >= 15 is 0 Å². The zero-order chi connectivity index (χ0) is 8.97. The molecule has 1 rings (SSSR count). The molecule has 0 radical (unpaired) electrons. The van der Waals surface area contributed by atoms with Gasteiger partial charge < -0.3 is 11.1 Å². The molecule has 0 spiro atoms. The molecule has 3 N–H and O–H groups in total. The van der Waals surface area contributed by atoms with Gasteiger partial charge in [-0.2, -0.15) is 0 Å². The molecular weight excluding hydrogens is 148 g/mol. The summed E-state index contributed by atoms with van der Waals surface area (Å²) in [6.45, 7) is 5.64. The van der Waals surface area contributed by atoms with Gasteiger partial charge in [-0.05, 0) is 31.7 Å². The van der Waals surface area contributed by atoms with Gasteiger partial charge in [-0.1, -0.05) is 20.3 Å². The maximum atomic E-state index is 6.09. The number of nitrogens with two attached hydrogens (primary N) is 1. The fourth-order valence-electron chi connectivity index (χ4n) is 1.95. The maximum Gasteiger partial charge on any atom is 0.0219 e. The summed E-state index contributed by atoms with van der Waals surface area (Å²) in [6.07, 6.45) is 5.10. The van der Waals surface area contributed by atoms with Crippen LogP contribution in [-0.2, 0) is 0 Å². The van der Waals surface area contributed by atoms with Crippen LogP contribution in [0.25, 0.3) is 0 Å². The van der Waals surface area contributed by atoms with Crippen LogP contribution in [0.4, 0.5) is 0 Å². The summed E-state index contributed by atoms with van der Waals surface area (Å²) in [5.41, 5.74) is 6.09. The second-order valence-corrected chi connectivity index (χ2v) is 4.35. The Morgan fingerprint density at radius 2 is 2.17 bits per heavy atom. The van der Waals surface area contributed by atoms with E-state index in [1.807, 2.05) is 0 Å². The first kappa shape index (κ1) is 10.0. The summed E-state index contributed by atoms with van der Waals surface area (Å²) in [6, 6.07) is 0.950. The Bertz CT molecular complexity index is 117. The van der Waals surface area contributed by atoms with Gasteiger partial charge in [0.05, 0.1) is 0 Å². The highest BCUT2D eigenvalue weighted by atomic mass is 15.0. The third-order valence-corrected chi connectivity index (χ3v) is 2.61. The minimum absolute atomic E-state index is 0.366. The Balaban J connectivity index is 2.24. The minimum atomic E-state index is 0.366. The van der Waals surface area contributed by atoms with E-state index in [-0.39, 0.29) is 0 Å². The molecule has 0 aromatic rings. The van der Waals surface area contributed by atoms with Gasteiger partial charge in [0.1, 0.15) is 0 Å². The van der Waals surface area contributed by atoms with Gasteiger partial charge in [-0.3, -0.25) is 0 Å². The van der Waals surface area contributed by atoms with E-state index in [1.54, 1.807) is 0 Å². The van der Waals surface area contributed by atoms with Crippen LogP contribution in [0.3, 0.4) is 0 Å². The van der Waals surface area contributed by atoms with Crippen molar-refractivity contribution in [2.75, 3.05) is 6.54 Å². The summed E-state index contributed by atoms with van der Waals surface area (Å²) >= 11 is 0. The van der Waals surface area contributed by atoms with Gasteiger partial charge in [0.25, 0.3) is 0 Å². The van der Waals surface area contributed by atoms with E-state index < -0.39 is 0 Å². The molecule has 1 heterocycles. The van der Waals surface area contributed by atoms with E-state index in [2.05, 4.69) is 19.2 Å². The Morgan fingerprint density at radius 3 is 2.67 bits per heavy atom.